The summed E-state index contributed by atoms with van der Waals surface area (Å²) >= 11 is 0. The molecule has 0 bridgehead atoms. The van der Waals surface area contributed by atoms with Crippen LogP contribution in [0.4, 0.5) is 0 Å². The van der Waals surface area contributed by atoms with Gasteiger partial charge in [-0.3, -0.25) is 0 Å². The highest BCUT2D eigenvalue weighted by Gasteiger charge is 2.21. The predicted molar refractivity (Wildman–Crippen MR) is 82.5 cm³/mol. The van der Waals surface area contributed by atoms with Gasteiger partial charge in [0.1, 0.15) is 0 Å². The van der Waals surface area contributed by atoms with Crippen LogP contribution in [0.5, 0.6) is 0 Å². The number of rotatable bonds is 6. The van der Waals surface area contributed by atoms with Crippen LogP contribution in [0.2, 0.25) is 0 Å². The van der Waals surface area contributed by atoms with Gasteiger partial charge >= 0.3 is 0 Å². The number of likely N-dealkylation sites (N-methyl/N-ethyl adjacent to an activating group) is 1. The molecular weight excluding hydrogens is 232 g/mol. The van der Waals surface area contributed by atoms with Gasteiger partial charge in [0, 0.05) is 18.6 Å². The second-order valence-electron chi connectivity index (χ2n) is 5.74. The van der Waals surface area contributed by atoms with E-state index in [-0.39, 0.29) is 0 Å². The van der Waals surface area contributed by atoms with E-state index in [1.807, 2.05) is 0 Å². The first-order valence-corrected chi connectivity index (χ1v) is 7.77. The van der Waals surface area contributed by atoms with Crippen molar-refractivity contribution in [1.82, 2.24) is 10.2 Å². The van der Waals surface area contributed by atoms with Crippen molar-refractivity contribution < 1.29 is 0 Å². The Hall–Kier alpha value is -0.860. The molecule has 0 amide bonds. The summed E-state index contributed by atoms with van der Waals surface area (Å²) in [5, 5.41) is 3.75. The van der Waals surface area contributed by atoms with E-state index in [9.17, 15) is 0 Å². The summed E-state index contributed by atoms with van der Waals surface area (Å²) < 4.78 is 0. The van der Waals surface area contributed by atoms with Gasteiger partial charge in [-0.05, 0) is 50.4 Å². The van der Waals surface area contributed by atoms with Crippen LogP contribution in [-0.4, -0.2) is 31.1 Å². The van der Waals surface area contributed by atoms with Gasteiger partial charge < -0.3 is 10.2 Å². The molecule has 1 aromatic carbocycles. The Morgan fingerprint density at radius 2 is 2.00 bits per heavy atom. The molecule has 1 fully saturated rings. The average molecular weight is 260 g/mol. The van der Waals surface area contributed by atoms with Crippen LogP contribution in [0.25, 0.3) is 0 Å². The molecule has 0 aromatic heterocycles. The van der Waals surface area contributed by atoms with Crippen molar-refractivity contribution in [3.8, 4) is 0 Å². The van der Waals surface area contributed by atoms with Crippen LogP contribution in [0.3, 0.4) is 0 Å². The van der Waals surface area contributed by atoms with E-state index in [2.05, 4.69) is 55.4 Å². The Kier molecular flexibility index (Phi) is 5.41. The van der Waals surface area contributed by atoms with Crippen LogP contribution >= 0.6 is 0 Å². The van der Waals surface area contributed by atoms with Gasteiger partial charge in [-0.2, -0.15) is 0 Å². The molecule has 1 aromatic rings. The van der Waals surface area contributed by atoms with E-state index < -0.39 is 0 Å². The van der Waals surface area contributed by atoms with E-state index in [4.69, 9.17) is 0 Å². The van der Waals surface area contributed by atoms with E-state index in [0.29, 0.717) is 6.04 Å². The second kappa shape index (κ2) is 7.06. The smallest absolute Gasteiger partial charge is 0.0318 e. The molecule has 0 saturated carbocycles. The van der Waals surface area contributed by atoms with Gasteiger partial charge in [-0.1, -0.05) is 38.1 Å². The highest BCUT2D eigenvalue weighted by molar-refractivity contribution is 5.25. The Morgan fingerprint density at radius 1 is 1.26 bits per heavy atom. The fourth-order valence-corrected chi connectivity index (χ4v) is 3.00. The predicted octanol–water partition coefficient (Wildman–Crippen LogP) is 3.38. The van der Waals surface area contributed by atoms with Gasteiger partial charge in [0.2, 0.25) is 0 Å². The van der Waals surface area contributed by atoms with Crippen LogP contribution in [0.1, 0.15) is 50.3 Å². The number of aryl methyl sites for hydroxylation is 1. The SMILES string of the molecule is CCc1ccc(C(CC)NCC2CCCN2C)cc1. The van der Waals surface area contributed by atoms with E-state index >= 15 is 0 Å². The molecule has 2 nitrogen and oxygen atoms in total. The molecule has 106 valence electrons. The summed E-state index contributed by atoms with van der Waals surface area (Å²) in [7, 11) is 2.25. The Morgan fingerprint density at radius 3 is 2.53 bits per heavy atom. The van der Waals surface area contributed by atoms with Crippen molar-refractivity contribution in [2.45, 2.75) is 51.6 Å². The maximum Gasteiger partial charge on any atom is 0.0318 e. The van der Waals surface area contributed by atoms with Crippen molar-refractivity contribution in [1.29, 1.82) is 0 Å². The summed E-state index contributed by atoms with van der Waals surface area (Å²) in [5.41, 5.74) is 2.86. The molecule has 2 atom stereocenters. The summed E-state index contributed by atoms with van der Waals surface area (Å²) in [5.74, 6) is 0. The van der Waals surface area contributed by atoms with Gasteiger partial charge in [0.25, 0.3) is 0 Å². The fourth-order valence-electron chi connectivity index (χ4n) is 3.00. The van der Waals surface area contributed by atoms with Crippen molar-refractivity contribution in [3.05, 3.63) is 35.4 Å². The molecule has 1 aliphatic heterocycles. The zero-order chi connectivity index (χ0) is 13.7. The standard InChI is InChI=1S/C17H28N2/c1-4-14-8-10-15(11-9-14)17(5-2)18-13-16-7-6-12-19(16)3/h8-11,16-18H,4-7,12-13H2,1-3H3. The Bertz CT molecular complexity index is 371. The zero-order valence-electron chi connectivity index (χ0n) is 12.7. The molecule has 1 N–H and O–H groups in total. The Balaban J connectivity index is 1.91. The molecule has 1 aliphatic rings. The highest BCUT2D eigenvalue weighted by atomic mass is 15.2. The van der Waals surface area contributed by atoms with Crippen LogP contribution in [0.15, 0.2) is 24.3 Å². The number of likely N-dealkylation sites (tertiary alicyclic amines) is 1. The lowest BCUT2D eigenvalue weighted by atomic mass is 10.0. The average Bonchev–Trinajstić information content (AvgIpc) is 2.86. The monoisotopic (exact) mass is 260 g/mol. The van der Waals surface area contributed by atoms with E-state index in [0.717, 1.165) is 25.4 Å². The summed E-state index contributed by atoms with van der Waals surface area (Å²) in [6.07, 6.45) is 4.97. The molecule has 1 heterocycles. The molecule has 2 unspecified atom stereocenters. The first kappa shape index (κ1) is 14.5. The molecule has 19 heavy (non-hydrogen) atoms. The van der Waals surface area contributed by atoms with Crippen molar-refractivity contribution in [3.63, 3.8) is 0 Å². The topological polar surface area (TPSA) is 15.3 Å². The van der Waals surface area contributed by atoms with E-state index in [1.54, 1.807) is 0 Å². The maximum absolute atomic E-state index is 3.75. The lowest BCUT2D eigenvalue weighted by Crippen LogP contribution is -2.37. The number of nitrogens with zero attached hydrogens (tertiary/aromatic N) is 1. The zero-order valence-corrected chi connectivity index (χ0v) is 12.7. The number of hydrogen-bond donors (Lipinski definition) is 1. The second-order valence-corrected chi connectivity index (χ2v) is 5.74. The normalized spacial score (nSPS) is 21.7. The number of benzene rings is 1. The minimum Gasteiger partial charge on any atom is -0.308 e. The number of hydrogen-bond acceptors (Lipinski definition) is 2. The summed E-state index contributed by atoms with van der Waals surface area (Å²) in [6, 6.07) is 10.3. The van der Waals surface area contributed by atoms with Crippen LogP contribution in [0, 0.1) is 0 Å². The third-order valence-electron chi connectivity index (χ3n) is 4.47. The maximum atomic E-state index is 3.75. The molecule has 2 rings (SSSR count). The van der Waals surface area contributed by atoms with Gasteiger partial charge in [-0.25, -0.2) is 0 Å². The molecule has 0 radical (unpaired) electrons. The molecule has 1 saturated heterocycles. The van der Waals surface area contributed by atoms with Gasteiger partial charge in [0.15, 0.2) is 0 Å². The van der Waals surface area contributed by atoms with Gasteiger partial charge in [0.05, 0.1) is 0 Å². The molecule has 0 spiro atoms. The lowest BCUT2D eigenvalue weighted by Gasteiger charge is -2.24. The van der Waals surface area contributed by atoms with Crippen LogP contribution in [-0.2, 0) is 6.42 Å². The van der Waals surface area contributed by atoms with Crippen molar-refractivity contribution >= 4 is 0 Å². The Labute approximate surface area is 118 Å². The first-order chi connectivity index (χ1) is 9.24. The van der Waals surface area contributed by atoms with Crippen molar-refractivity contribution in [2.24, 2.45) is 0 Å². The van der Waals surface area contributed by atoms with Crippen LogP contribution < -0.4 is 5.32 Å². The van der Waals surface area contributed by atoms with Crippen molar-refractivity contribution in [2.75, 3.05) is 20.1 Å². The third kappa shape index (κ3) is 3.80. The first-order valence-electron chi connectivity index (χ1n) is 7.77. The summed E-state index contributed by atoms with van der Waals surface area (Å²) in [4.78, 5) is 2.49. The minimum absolute atomic E-state index is 0.500. The molecular formula is C17H28N2. The van der Waals surface area contributed by atoms with Gasteiger partial charge in [-0.15, -0.1) is 0 Å². The molecule has 0 aliphatic carbocycles. The van der Waals surface area contributed by atoms with E-state index in [1.165, 1.54) is 30.5 Å². The lowest BCUT2D eigenvalue weighted by molar-refractivity contribution is 0.290. The quantitative estimate of drug-likeness (QED) is 0.843. The summed E-state index contributed by atoms with van der Waals surface area (Å²) in [6.45, 7) is 6.85. The number of nitrogens with one attached hydrogen (secondary N) is 1. The molecule has 2 heteroatoms. The largest absolute Gasteiger partial charge is 0.308 e. The fraction of sp³-hybridized carbons (Fsp3) is 0.647. The highest BCUT2D eigenvalue weighted by Crippen LogP contribution is 2.19. The third-order valence-corrected chi connectivity index (χ3v) is 4.47. The minimum atomic E-state index is 0.500.